The summed E-state index contributed by atoms with van der Waals surface area (Å²) in [7, 11) is 2.04. The van der Waals surface area contributed by atoms with Gasteiger partial charge in [-0.2, -0.15) is 13.2 Å². The van der Waals surface area contributed by atoms with E-state index in [0.29, 0.717) is 17.4 Å². The van der Waals surface area contributed by atoms with Gasteiger partial charge in [0.05, 0.1) is 16.1 Å². The molecule has 3 heterocycles. The van der Waals surface area contributed by atoms with Gasteiger partial charge >= 0.3 is 6.18 Å². The number of aryl methyl sites for hydroxylation is 1. The molecule has 4 nitrogen and oxygen atoms in total. The summed E-state index contributed by atoms with van der Waals surface area (Å²) in [5, 5.41) is 2.38. The molecule has 1 saturated carbocycles. The minimum absolute atomic E-state index is 0.191. The van der Waals surface area contributed by atoms with E-state index < -0.39 is 28.7 Å². The first-order valence-corrected chi connectivity index (χ1v) is 10.4. The molecule has 2 aliphatic heterocycles. The largest absolute Gasteiger partial charge is 0.464 e. The van der Waals surface area contributed by atoms with E-state index in [9.17, 15) is 18.0 Å². The van der Waals surface area contributed by atoms with Gasteiger partial charge in [0, 0.05) is 12.1 Å². The molecule has 1 aliphatic carbocycles. The molecule has 3 fully saturated rings. The topological polar surface area (TPSA) is 45.5 Å². The number of fused-ring (bicyclic) bond motifs is 3. The Morgan fingerprint density at radius 2 is 1.97 bits per heavy atom. The Morgan fingerprint density at radius 3 is 2.53 bits per heavy atom. The number of carbonyl (C=O) groups excluding carboxylic acids is 1. The summed E-state index contributed by atoms with van der Waals surface area (Å²) in [5.41, 5.74) is -1.55. The molecule has 1 unspecified atom stereocenters. The second-order valence-corrected chi connectivity index (χ2v) is 8.83. The number of furan rings is 1. The van der Waals surface area contributed by atoms with Crippen LogP contribution in [0.25, 0.3) is 0 Å². The van der Waals surface area contributed by atoms with Crippen molar-refractivity contribution in [3.63, 3.8) is 0 Å². The fraction of sp³-hybridized carbons (Fsp3) is 0.500. The Morgan fingerprint density at radius 1 is 1.27 bits per heavy atom. The van der Waals surface area contributed by atoms with Crippen LogP contribution in [0.4, 0.5) is 13.2 Å². The van der Waals surface area contributed by atoms with Gasteiger partial charge in [-0.25, -0.2) is 0 Å². The van der Waals surface area contributed by atoms with Gasteiger partial charge in [-0.1, -0.05) is 17.7 Å². The first-order chi connectivity index (χ1) is 14.1. The molecular weight excluding hydrogens is 417 g/mol. The maximum atomic E-state index is 13.2. The second-order valence-electron chi connectivity index (χ2n) is 8.45. The molecule has 2 aromatic rings. The molecule has 0 spiro atoms. The van der Waals surface area contributed by atoms with E-state index in [1.807, 2.05) is 26.1 Å². The van der Waals surface area contributed by atoms with Crippen LogP contribution in [-0.4, -0.2) is 29.9 Å². The number of piperidine rings is 2. The Bertz CT molecular complexity index is 948. The summed E-state index contributed by atoms with van der Waals surface area (Å²) in [6.45, 7) is 2.75. The van der Waals surface area contributed by atoms with Crippen molar-refractivity contribution in [3.8, 4) is 0 Å². The third-order valence-corrected chi connectivity index (χ3v) is 7.08. The number of nitrogens with one attached hydrogen (secondary N) is 1. The van der Waals surface area contributed by atoms with Crippen molar-refractivity contribution in [2.75, 3.05) is 13.6 Å². The van der Waals surface area contributed by atoms with Gasteiger partial charge < -0.3 is 9.73 Å². The monoisotopic (exact) mass is 440 g/mol. The van der Waals surface area contributed by atoms with Crippen molar-refractivity contribution in [2.45, 2.75) is 50.4 Å². The first kappa shape index (κ1) is 21.2. The molecule has 1 aromatic heterocycles. The van der Waals surface area contributed by atoms with Crippen LogP contribution in [0.15, 0.2) is 34.7 Å². The van der Waals surface area contributed by atoms with Gasteiger partial charge in [0.25, 0.3) is 5.91 Å². The fourth-order valence-corrected chi connectivity index (χ4v) is 5.35. The summed E-state index contributed by atoms with van der Waals surface area (Å²) < 4.78 is 45.6. The summed E-state index contributed by atoms with van der Waals surface area (Å²) in [6, 6.07) is 6.56. The first-order valence-electron chi connectivity index (χ1n) is 10.1. The lowest BCUT2D eigenvalue weighted by Gasteiger charge is -2.56. The highest BCUT2D eigenvalue weighted by atomic mass is 35.5. The van der Waals surface area contributed by atoms with Crippen molar-refractivity contribution in [3.05, 3.63) is 58.0 Å². The number of hydrogen-bond donors (Lipinski definition) is 1. The third-order valence-electron chi connectivity index (χ3n) is 6.67. The van der Waals surface area contributed by atoms with Gasteiger partial charge in [0.1, 0.15) is 17.6 Å². The van der Waals surface area contributed by atoms with E-state index in [-0.39, 0.29) is 11.1 Å². The molecule has 3 aliphatic rings. The number of amides is 1. The number of rotatable bonds is 4. The molecule has 5 rings (SSSR count). The van der Waals surface area contributed by atoms with Gasteiger partial charge in [-0.3, -0.25) is 9.69 Å². The molecule has 8 heteroatoms. The summed E-state index contributed by atoms with van der Waals surface area (Å²) in [5.74, 6) is 1.33. The SMILES string of the molecule is Cc1ccc(C(NC(=O)c2cccc(C(F)(F)F)c2Cl)C23CCC(CC2)CN3C)o1. The normalized spacial score (nSPS) is 25.3. The van der Waals surface area contributed by atoms with E-state index in [1.54, 1.807) is 0 Å². The smallest absolute Gasteiger partial charge is 0.417 e. The Balaban J connectivity index is 1.71. The number of nitrogens with zero attached hydrogens (tertiary/aromatic N) is 1. The quantitative estimate of drug-likeness (QED) is 0.672. The highest BCUT2D eigenvalue weighted by molar-refractivity contribution is 6.34. The van der Waals surface area contributed by atoms with Crippen LogP contribution in [0.5, 0.6) is 0 Å². The third kappa shape index (κ3) is 3.62. The molecule has 162 valence electrons. The lowest BCUT2D eigenvalue weighted by molar-refractivity contribution is -0.137. The lowest BCUT2D eigenvalue weighted by Crippen LogP contribution is -2.62. The number of carbonyl (C=O) groups is 1. The highest BCUT2D eigenvalue weighted by Gasteiger charge is 2.51. The molecule has 2 bridgehead atoms. The van der Waals surface area contributed by atoms with Crippen molar-refractivity contribution >= 4 is 17.5 Å². The van der Waals surface area contributed by atoms with E-state index in [2.05, 4.69) is 10.2 Å². The van der Waals surface area contributed by atoms with Crippen LogP contribution in [0.2, 0.25) is 5.02 Å². The van der Waals surface area contributed by atoms with Crippen LogP contribution in [0.3, 0.4) is 0 Å². The summed E-state index contributed by atoms with van der Waals surface area (Å²) >= 11 is 6.00. The van der Waals surface area contributed by atoms with Crippen LogP contribution < -0.4 is 5.32 Å². The predicted octanol–water partition coefficient (Wildman–Crippen LogP) is 5.61. The molecule has 1 atom stereocenters. The Kier molecular flexibility index (Phi) is 5.39. The highest BCUT2D eigenvalue weighted by Crippen LogP contribution is 2.49. The number of benzene rings is 1. The van der Waals surface area contributed by atoms with Gasteiger partial charge in [0.2, 0.25) is 0 Å². The van der Waals surface area contributed by atoms with Crippen LogP contribution in [0.1, 0.15) is 59.2 Å². The summed E-state index contributed by atoms with van der Waals surface area (Å²) in [6.07, 6.45) is -0.753. The Hall–Kier alpha value is -1.99. The Labute approximate surface area is 178 Å². The van der Waals surface area contributed by atoms with E-state index in [1.165, 1.54) is 12.1 Å². The molecule has 2 saturated heterocycles. The van der Waals surface area contributed by atoms with Crippen molar-refractivity contribution < 1.29 is 22.4 Å². The molecule has 1 amide bonds. The van der Waals surface area contributed by atoms with Crippen LogP contribution in [0, 0.1) is 12.8 Å². The number of likely N-dealkylation sites (N-methyl/N-ethyl adjacent to an activating group) is 1. The number of halogens is 4. The van der Waals surface area contributed by atoms with E-state index >= 15 is 0 Å². The van der Waals surface area contributed by atoms with Crippen LogP contribution >= 0.6 is 11.6 Å². The molecule has 0 radical (unpaired) electrons. The minimum Gasteiger partial charge on any atom is -0.464 e. The molecular formula is C22H24ClF3N2O2. The van der Waals surface area contributed by atoms with Crippen LogP contribution in [-0.2, 0) is 6.18 Å². The van der Waals surface area contributed by atoms with E-state index in [0.717, 1.165) is 38.3 Å². The average molecular weight is 441 g/mol. The molecule has 1 N–H and O–H groups in total. The number of hydrogen-bond acceptors (Lipinski definition) is 3. The number of alkyl halides is 3. The molecule has 30 heavy (non-hydrogen) atoms. The van der Waals surface area contributed by atoms with Gasteiger partial charge in [-0.15, -0.1) is 0 Å². The van der Waals surface area contributed by atoms with E-state index in [4.69, 9.17) is 16.0 Å². The van der Waals surface area contributed by atoms with Crippen molar-refractivity contribution in [1.82, 2.24) is 10.2 Å². The second kappa shape index (κ2) is 7.61. The maximum Gasteiger partial charge on any atom is 0.417 e. The van der Waals surface area contributed by atoms with Gasteiger partial charge in [-0.05, 0) is 69.8 Å². The zero-order valence-electron chi connectivity index (χ0n) is 16.9. The zero-order valence-corrected chi connectivity index (χ0v) is 17.6. The maximum absolute atomic E-state index is 13.2. The standard InChI is InChI=1S/C22H24ClF3N2O2/c1-13-6-7-17(30-13)19(21-10-8-14(9-11-21)12-28(21)2)27-20(29)15-4-3-5-16(18(15)23)22(24,25)26/h3-7,14,19H,8-12H2,1-2H3,(H,27,29). The zero-order chi connectivity index (χ0) is 21.7. The van der Waals surface area contributed by atoms with Crippen molar-refractivity contribution in [1.29, 1.82) is 0 Å². The lowest BCUT2D eigenvalue weighted by atomic mass is 9.66. The molecule has 1 aromatic carbocycles. The minimum atomic E-state index is -4.63. The van der Waals surface area contributed by atoms with Crippen molar-refractivity contribution in [2.24, 2.45) is 5.92 Å². The van der Waals surface area contributed by atoms with Gasteiger partial charge in [0.15, 0.2) is 0 Å². The predicted molar refractivity (Wildman–Crippen MR) is 107 cm³/mol. The summed E-state index contributed by atoms with van der Waals surface area (Å²) in [4.78, 5) is 15.4. The average Bonchev–Trinajstić information content (AvgIpc) is 3.12. The fourth-order valence-electron chi connectivity index (χ4n) is 5.03.